The largest absolute Gasteiger partial charge is 0.510 e. The summed E-state index contributed by atoms with van der Waals surface area (Å²) in [7, 11) is 0. The van der Waals surface area contributed by atoms with Crippen LogP contribution in [0, 0.1) is 25.2 Å². The number of allylic oxidation sites excluding steroid dienone is 1. The molecule has 140 valence electrons. The van der Waals surface area contributed by atoms with Crippen molar-refractivity contribution < 1.29 is 5.11 Å². The van der Waals surface area contributed by atoms with Crippen molar-refractivity contribution in [1.29, 1.82) is 5.26 Å². The van der Waals surface area contributed by atoms with Gasteiger partial charge in [-0.1, -0.05) is 23.9 Å². The molecule has 1 aromatic carbocycles. The van der Waals surface area contributed by atoms with Crippen LogP contribution in [0.25, 0.3) is 21.6 Å². The third kappa shape index (κ3) is 3.32. The third-order valence-corrected chi connectivity index (χ3v) is 6.16. The molecule has 1 atom stereocenters. The highest BCUT2D eigenvalue weighted by Crippen LogP contribution is 2.32. The number of aromatic nitrogens is 5. The highest BCUT2D eigenvalue weighted by atomic mass is 32.2. The van der Waals surface area contributed by atoms with Crippen LogP contribution >= 0.6 is 23.1 Å². The van der Waals surface area contributed by atoms with E-state index in [0.29, 0.717) is 15.9 Å². The van der Waals surface area contributed by atoms with E-state index in [2.05, 4.69) is 26.1 Å². The maximum Gasteiger partial charge on any atom is 0.253 e. The molecule has 28 heavy (non-hydrogen) atoms. The van der Waals surface area contributed by atoms with E-state index in [1.807, 2.05) is 51.1 Å². The van der Waals surface area contributed by atoms with Gasteiger partial charge in [0, 0.05) is 11.4 Å². The van der Waals surface area contributed by atoms with E-state index < -0.39 is 5.25 Å². The fourth-order valence-corrected chi connectivity index (χ4v) is 4.59. The molecule has 1 unspecified atom stereocenters. The van der Waals surface area contributed by atoms with Crippen LogP contribution in [0.4, 0.5) is 0 Å². The summed E-state index contributed by atoms with van der Waals surface area (Å²) in [4.78, 5) is 13.3. The summed E-state index contributed by atoms with van der Waals surface area (Å²) in [6.45, 7) is 5.65. The van der Waals surface area contributed by atoms with Gasteiger partial charge in [-0.25, -0.2) is 14.5 Å². The third-order valence-electron chi connectivity index (χ3n) is 4.14. The van der Waals surface area contributed by atoms with Crippen LogP contribution in [-0.2, 0) is 0 Å². The van der Waals surface area contributed by atoms with E-state index in [1.54, 1.807) is 4.52 Å². The Morgan fingerprint density at radius 2 is 2.04 bits per heavy atom. The molecule has 3 aromatic heterocycles. The summed E-state index contributed by atoms with van der Waals surface area (Å²) in [5, 5.41) is 25.4. The standard InChI is InChI=1S/C19H16N6OS2/c1-10-8-11(2)25-18(21-10)23-19(24-25)27-12(3)16(26)13(9-20)17-22-14-6-4-5-7-15(14)28-17/h4-8,12,26H,1-3H3/b16-13-. The Bertz CT molecular complexity index is 1230. The molecule has 0 aliphatic rings. The number of hydrogen-bond donors (Lipinski definition) is 1. The smallest absolute Gasteiger partial charge is 0.253 e. The van der Waals surface area contributed by atoms with Gasteiger partial charge in [0.15, 0.2) is 0 Å². The highest BCUT2D eigenvalue weighted by molar-refractivity contribution is 7.99. The number of para-hydroxylation sites is 1. The molecule has 4 aromatic rings. The van der Waals surface area contributed by atoms with Crippen molar-refractivity contribution >= 4 is 44.7 Å². The molecule has 0 fully saturated rings. The summed E-state index contributed by atoms with van der Waals surface area (Å²) < 4.78 is 2.64. The van der Waals surface area contributed by atoms with Crippen molar-refractivity contribution in [3.05, 3.63) is 52.5 Å². The van der Waals surface area contributed by atoms with E-state index >= 15 is 0 Å². The Kier molecular flexibility index (Phi) is 4.75. The Hall–Kier alpha value is -2.96. The minimum atomic E-state index is -0.416. The van der Waals surface area contributed by atoms with Crippen molar-refractivity contribution in [2.45, 2.75) is 31.2 Å². The number of fused-ring (bicyclic) bond motifs is 2. The Morgan fingerprint density at radius 3 is 2.79 bits per heavy atom. The average Bonchev–Trinajstić information content (AvgIpc) is 3.25. The van der Waals surface area contributed by atoms with E-state index in [1.165, 1.54) is 23.1 Å². The molecule has 0 saturated heterocycles. The molecule has 3 heterocycles. The number of rotatable bonds is 4. The molecule has 0 aliphatic carbocycles. The quantitative estimate of drug-likeness (QED) is 0.305. The van der Waals surface area contributed by atoms with Gasteiger partial charge in [0.2, 0.25) is 5.16 Å². The number of aryl methyl sites for hydroxylation is 2. The summed E-state index contributed by atoms with van der Waals surface area (Å²) >= 11 is 2.66. The molecule has 4 rings (SSSR count). The van der Waals surface area contributed by atoms with Crippen LogP contribution in [0.3, 0.4) is 0 Å². The molecular weight excluding hydrogens is 392 g/mol. The molecule has 1 N–H and O–H groups in total. The van der Waals surface area contributed by atoms with E-state index in [4.69, 9.17) is 0 Å². The Balaban J connectivity index is 1.66. The van der Waals surface area contributed by atoms with Crippen LogP contribution in [0.1, 0.15) is 23.3 Å². The first-order valence-corrected chi connectivity index (χ1v) is 10.2. The highest BCUT2D eigenvalue weighted by Gasteiger charge is 2.21. The number of nitriles is 1. The molecule has 0 saturated carbocycles. The molecular formula is C19H16N6OS2. The van der Waals surface area contributed by atoms with Crippen LogP contribution < -0.4 is 0 Å². The lowest BCUT2D eigenvalue weighted by molar-refractivity contribution is 0.402. The van der Waals surface area contributed by atoms with Crippen molar-refractivity contribution in [3.8, 4) is 6.07 Å². The van der Waals surface area contributed by atoms with Crippen LogP contribution in [0.2, 0.25) is 0 Å². The second-order valence-electron chi connectivity index (χ2n) is 6.26. The number of thioether (sulfide) groups is 1. The number of aliphatic hydroxyl groups excluding tert-OH is 1. The molecule has 9 heteroatoms. The molecule has 0 spiro atoms. The van der Waals surface area contributed by atoms with Gasteiger partial charge in [0.05, 0.1) is 15.5 Å². The van der Waals surface area contributed by atoms with Gasteiger partial charge in [-0.15, -0.1) is 16.4 Å². The van der Waals surface area contributed by atoms with Gasteiger partial charge < -0.3 is 5.11 Å². The first-order valence-electron chi connectivity index (χ1n) is 8.53. The van der Waals surface area contributed by atoms with Crippen LogP contribution in [0.5, 0.6) is 0 Å². The van der Waals surface area contributed by atoms with E-state index in [0.717, 1.165) is 21.6 Å². The van der Waals surface area contributed by atoms with Crippen molar-refractivity contribution in [2.75, 3.05) is 0 Å². The molecule has 0 radical (unpaired) electrons. The second kappa shape index (κ2) is 7.22. The second-order valence-corrected chi connectivity index (χ2v) is 8.60. The van der Waals surface area contributed by atoms with E-state index in [-0.39, 0.29) is 11.3 Å². The SMILES string of the molecule is Cc1cc(C)n2nc(SC(C)/C(O)=C(\C#N)c3nc4ccccc4s3)nc2n1. The van der Waals surface area contributed by atoms with Crippen molar-refractivity contribution in [3.63, 3.8) is 0 Å². The van der Waals surface area contributed by atoms with E-state index in [9.17, 15) is 10.4 Å². The lowest BCUT2D eigenvalue weighted by atomic mass is 10.2. The van der Waals surface area contributed by atoms with Gasteiger partial charge in [-0.05, 0) is 39.0 Å². The van der Waals surface area contributed by atoms with Gasteiger partial charge in [-0.2, -0.15) is 10.2 Å². The molecule has 0 amide bonds. The number of hydrogen-bond acceptors (Lipinski definition) is 8. The lowest BCUT2D eigenvalue weighted by Gasteiger charge is -2.09. The number of benzene rings is 1. The predicted octanol–water partition coefficient (Wildman–Crippen LogP) is 4.32. The summed E-state index contributed by atoms with van der Waals surface area (Å²) in [5.74, 6) is 0.480. The van der Waals surface area contributed by atoms with Gasteiger partial charge in [0.1, 0.15) is 22.4 Å². The predicted molar refractivity (Wildman–Crippen MR) is 110 cm³/mol. The fraction of sp³-hybridized carbons (Fsp3) is 0.211. The fourth-order valence-electron chi connectivity index (χ4n) is 2.81. The van der Waals surface area contributed by atoms with Gasteiger partial charge in [0.25, 0.3) is 5.78 Å². The first-order chi connectivity index (χ1) is 13.5. The van der Waals surface area contributed by atoms with Crippen LogP contribution in [-0.4, -0.2) is 34.9 Å². The summed E-state index contributed by atoms with van der Waals surface area (Å²) in [5.41, 5.74) is 2.78. The number of nitrogens with zero attached hydrogens (tertiary/aromatic N) is 6. The monoisotopic (exact) mass is 408 g/mol. The summed E-state index contributed by atoms with van der Waals surface area (Å²) in [6.07, 6.45) is 0. The minimum absolute atomic E-state index is 0.0359. The Morgan fingerprint density at radius 1 is 1.25 bits per heavy atom. The first kappa shape index (κ1) is 18.4. The number of aliphatic hydroxyl groups is 1. The molecule has 0 bridgehead atoms. The lowest BCUT2D eigenvalue weighted by Crippen LogP contribution is -2.04. The zero-order valence-corrected chi connectivity index (χ0v) is 17.0. The topological polar surface area (TPSA) is 100.0 Å². The summed E-state index contributed by atoms with van der Waals surface area (Å²) in [6, 6.07) is 11.7. The average molecular weight is 409 g/mol. The maximum absolute atomic E-state index is 10.7. The number of thiazole rings is 1. The van der Waals surface area contributed by atoms with Crippen molar-refractivity contribution in [2.24, 2.45) is 0 Å². The van der Waals surface area contributed by atoms with Crippen molar-refractivity contribution in [1.82, 2.24) is 24.6 Å². The Labute approximate surface area is 169 Å². The van der Waals surface area contributed by atoms with Crippen LogP contribution in [0.15, 0.2) is 41.2 Å². The zero-order valence-electron chi connectivity index (χ0n) is 15.4. The molecule has 7 nitrogen and oxygen atoms in total. The molecule has 0 aliphatic heterocycles. The maximum atomic E-state index is 10.7. The zero-order chi connectivity index (χ0) is 19.8. The normalized spacial score (nSPS) is 13.5. The minimum Gasteiger partial charge on any atom is -0.510 e. The van der Waals surface area contributed by atoms with Gasteiger partial charge in [-0.3, -0.25) is 0 Å². The van der Waals surface area contributed by atoms with Gasteiger partial charge >= 0.3 is 0 Å².